The molecule has 1 aromatic carbocycles. The number of rotatable bonds is 7. The summed E-state index contributed by atoms with van der Waals surface area (Å²) in [6, 6.07) is 7.94. The van der Waals surface area contributed by atoms with E-state index in [2.05, 4.69) is 15.6 Å². The van der Waals surface area contributed by atoms with Gasteiger partial charge in [-0.15, -0.1) is 24.0 Å². The number of ether oxygens (including phenoxy) is 2. The molecule has 0 radical (unpaired) electrons. The molecule has 3 N–H and O–H groups in total. The van der Waals surface area contributed by atoms with Crippen LogP contribution in [0.2, 0.25) is 0 Å². The molecule has 1 heterocycles. The van der Waals surface area contributed by atoms with E-state index in [9.17, 15) is 5.11 Å². The Morgan fingerprint density at radius 3 is 2.62 bits per heavy atom. The number of aliphatic hydroxyl groups excluding tert-OH is 1. The summed E-state index contributed by atoms with van der Waals surface area (Å²) >= 11 is 0. The first-order chi connectivity index (χ1) is 11.2. The van der Waals surface area contributed by atoms with Crippen molar-refractivity contribution in [2.45, 2.75) is 19.4 Å². The quantitative estimate of drug-likeness (QED) is 0.336. The van der Waals surface area contributed by atoms with Crippen molar-refractivity contribution in [3.63, 3.8) is 0 Å². The molecule has 1 unspecified atom stereocenters. The number of benzene rings is 1. The van der Waals surface area contributed by atoms with Gasteiger partial charge in [-0.05, 0) is 30.5 Å². The monoisotopic (exact) mass is 449 g/mol. The lowest BCUT2D eigenvalue weighted by Gasteiger charge is -2.27. The molecule has 0 spiro atoms. The van der Waals surface area contributed by atoms with Crippen LogP contribution in [-0.4, -0.2) is 51.6 Å². The third kappa shape index (κ3) is 6.10. The summed E-state index contributed by atoms with van der Waals surface area (Å²) in [5.41, 5.74) is 1.16. The van der Waals surface area contributed by atoms with Gasteiger partial charge in [-0.3, -0.25) is 4.99 Å². The second-order valence-electron chi connectivity index (χ2n) is 5.90. The Morgan fingerprint density at radius 1 is 1.33 bits per heavy atom. The Morgan fingerprint density at radius 2 is 2.08 bits per heavy atom. The van der Waals surface area contributed by atoms with Crippen LogP contribution in [0.3, 0.4) is 0 Å². The Hall–Kier alpha value is -1.06. The van der Waals surface area contributed by atoms with Crippen molar-refractivity contribution in [3.8, 4) is 5.75 Å². The molecule has 24 heavy (non-hydrogen) atoms. The number of nitrogens with zero attached hydrogens (tertiary/aromatic N) is 1. The fourth-order valence-electron chi connectivity index (χ4n) is 2.73. The van der Waals surface area contributed by atoms with E-state index in [0.717, 1.165) is 43.3 Å². The lowest BCUT2D eigenvalue weighted by atomic mass is 9.84. The summed E-state index contributed by atoms with van der Waals surface area (Å²) in [7, 11) is 3.42. The lowest BCUT2D eigenvalue weighted by molar-refractivity contribution is 0.127. The molecule has 1 fully saturated rings. The minimum Gasteiger partial charge on any atom is -0.497 e. The van der Waals surface area contributed by atoms with Crippen LogP contribution in [0.5, 0.6) is 5.75 Å². The highest BCUT2D eigenvalue weighted by molar-refractivity contribution is 14.0. The molecule has 2 rings (SSSR count). The van der Waals surface area contributed by atoms with Gasteiger partial charge in [-0.2, -0.15) is 0 Å². The molecular formula is C17H28IN3O3. The second kappa shape index (κ2) is 10.7. The van der Waals surface area contributed by atoms with Crippen LogP contribution in [0.25, 0.3) is 0 Å². The van der Waals surface area contributed by atoms with E-state index in [-0.39, 0.29) is 36.0 Å². The Labute approximate surface area is 161 Å². The van der Waals surface area contributed by atoms with Gasteiger partial charge in [-0.1, -0.05) is 12.1 Å². The number of guanidine groups is 1. The van der Waals surface area contributed by atoms with Gasteiger partial charge in [0.2, 0.25) is 0 Å². The van der Waals surface area contributed by atoms with Crippen LogP contribution < -0.4 is 15.4 Å². The fraction of sp³-hybridized carbons (Fsp3) is 0.588. The average Bonchev–Trinajstić information content (AvgIpc) is 3.05. The largest absolute Gasteiger partial charge is 0.497 e. The van der Waals surface area contributed by atoms with Gasteiger partial charge in [0.05, 0.1) is 13.7 Å². The summed E-state index contributed by atoms with van der Waals surface area (Å²) in [5, 5.41) is 15.9. The molecule has 0 saturated carbocycles. The van der Waals surface area contributed by atoms with Gasteiger partial charge in [0.1, 0.15) is 5.75 Å². The smallest absolute Gasteiger partial charge is 0.191 e. The topological polar surface area (TPSA) is 75.1 Å². The number of hydrogen-bond donors (Lipinski definition) is 3. The first-order valence-electron chi connectivity index (χ1n) is 7.97. The molecule has 1 saturated heterocycles. The SMILES string of the molecule is CN=C(NCc1ccc(OC)cc1)NCC1(CCO)CCOC1.I. The zero-order valence-corrected chi connectivity index (χ0v) is 16.7. The summed E-state index contributed by atoms with van der Waals surface area (Å²) in [4.78, 5) is 4.26. The predicted molar refractivity (Wildman–Crippen MR) is 106 cm³/mol. The number of hydrogen-bond acceptors (Lipinski definition) is 4. The van der Waals surface area contributed by atoms with Crippen LogP contribution in [0.1, 0.15) is 18.4 Å². The van der Waals surface area contributed by atoms with Gasteiger partial charge < -0.3 is 25.2 Å². The Kier molecular flexibility index (Phi) is 9.38. The first-order valence-corrected chi connectivity index (χ1v) is 7.97. The third-order valence-electron chi connectivity index (χ3n) is 4.30. The summed E-state index contributed by atoms with van der Waals surface area (Å²) < 4.78 is 10.7. The van der Waals surface area contributed by atoms with Crippen molar-refractivity contribution in [1.29, 1.82) is 0 Å². The summed E-state index contributed by atoms with van der Waals surface area (Å²) in [5.74, 6) is 1.61. The standard InChI is InChI=1S/C17H27N3O3.HI/c1-18-16(19-11-14-3-5-15(22-2)6-4-14)20-12-17(7-9-21)8-10-23-13-17;/h3-6,21H,7-13H2,1-2H3,(H2,18,19,20);1H. The van der Waals surface area contributed by atoms with E-state index < -0.39 is 0 Å². The number of nitrogens with one attached hydrogen (secondary N) is 2. The lowest BCUT2D eigenvalue weighted by Crippen LogP contribution is -2.44. The van der Waals surface area contributed by atoms with Crippen LogP contribution in [0.4, 0.5) is 0 Å². The van der Waals surface area contributed by atoms with Gasteiger partial charge in [0, 0.05) is 38.8 Å². The van der Waals surface area contributed by atoms with E-state index in [1.165, 1.54) is 0 Å². The molecule has 0 aromatic heterocycles. The highest BCUT2D eigenvalue weighted by atomic mass is 127. The van der Waals surface area contributed by atoms with Crippen molar-refractivity contribution in [2.24, 2.45) is 10.4 Å². The van der Waals surface area contributed by atoms with Crippen LogP contribution in [0, 0.1) is 5.41 Å². The van der Waals surface area contributed by atoms with Crippen molar-refractivity contribution >= 4 is 29.9 Å². The molecule has 0 bridgehead atoms. The van der Waals surface area contributed by atoms with Crippen molar-refractivity contribution in [1.82, 2.24) is 10.6 Å². The Balaban J connectivity index is 0.00000288. The zero-order valence-electron chi connectivity index (χ0n) is 14.4. The van der Waals surface area contributed by atoms with E-state index >= 15 is 0 Å². The van der Waals surface area contributed by atoms with E-state index in [1.54, 1.807) is 14.2 Å². The van der Waals surface area contributed by atoms with Crippen LogP contribution >= 0.6 is 24.0 Å². The number of aliphatic imine (C=N–C) groups is 1. The van der Waals surface area contributed by atoms with Gasteiger partial charge >= 0.3 is 0 Å². The first kappa shape index (κ1) is 21.0. The van der Waals surface area contributed by atoms with Crippen molar-refractivity contribution in [3.05, 3.63) is 29.8 Å². The molecule has 0 amide bonds. The maximum atomic E-state index is 9.27. The summed E-state index contributed by atoms with van der Waals surface area (Å²) in [6.45, 7) is 3.07. The molecule has 1 aromatic rings. The third-order valence-corrected chi connectivity index (χ3v) is 4.30. The van der Waals surface area contributed by atoms with Crippen molar-refractivity contribution in [2.75, 3.05) is 40.5 Å². The number of aliphatic hydroxyl groups is 1. The van der Waals surface area contributed by atoms with E-state index in [4.69, 9.17) is 9.47 Å². The summed E-state index contributed by atoms with van der Waals surface area (Å²) in [6.07, 6.45) is 1.71. The van der Waals surface area contributed by atoms with E-state index in [1.807, 2.05) is 24.3 Å². The molecule has 7 heteroatoms. The minimum atomic E-state index is 0. The molecule has 136 valence electrons. The average molecular weight is 449 g/mol. The van der Waals surface area contributed by atoms with Crippen molar-refractivity contribution < 1.29 is 14.6 Å². The van der Waals surface area contributed by atoms with Gasteiger partial charge in [0.25, 0.3) is 0 Å². The minimum absolute atomic E-state index is 0. The normalized spacial score (nSPS) is 20.4. The maximum Gasteiger partial charge on any atom is 0.191 e. The molecule has 1 atom stereocenters. The van der Waals surface area contributed by atoms with Crippen LogP contribution in [0.15, 0.2) is 29.3 Å². The zero-order chi connectivity index (χ0) is 16.5. The second-order valence-corrected chi connectivity index (χ2v) is 5.90. The molecular weight excluding hydrogens is 421 g/mol. The predicted octanol–water partition coefficient (Wildman–Crippen LogP) is 1.77. The fourth-order valence-corrected chi connectivity index (χ4v) is 2.73. The number of methoxy groups -OCH3 is 1. The van der Waals surface area contributed by atoms with Gasteiger partial charge in [0.15, 0.2) is 5.96 Å². The molecule has 0 aliphatic carbocycles. The van der Waals surface area contributed by atoms with E-state index in [0.29, 0.717) is 13.2 Å². The molecule has 6 nitrogen and oxygen atoms in total. The maximum absolute atomic E-state index is 9.27. The highest BCUT2D eigenvalue weighted by Gasteiger charge is 2.34. The molecule has 1 aliphatic heterocycles. The van der Waals surface area contributed by atoms with Gasteiger partial charge in [-0.25, -0.2) is 0 Å². The van der Waals surface area contributed by atoms with Crippen LogP contribution in [-0.2, 0) is 11.3 Å². The highest BCUT2D eigenvalue weighted by Crippen LogP contribution is 2.31. The molecule has 1 aliphatic rings. The Bertz CT molecular complexity index is 502. The number of halogens is 1.